The first-order valence-corrected chi connectivity index (χ1v) is 8.13. The van der Waals surface area contributed by atoms with Gasteiger partial charge in [-0.2, -0.15) is 0 Å². The molecule has 0 bridgehead atoms. The molecule has 0 spiro atoms. The lowest BCUT2D eigenvalue weighted by Gasteiger charge is -2.09. The molecule has 26 heavy (non-hydrogen) atoms. The lowest BCUT2D eigenvalue weighted by Crippen LogP contribution is -2.42. The van der Waals surface area contributed by atoms with Crippen LogP contribution in [0, 0.1) is 5.82 Å². The van der Waals surface area contributed by atoms with Crippen LogP contribution >= 0.6 is 15.9 Å². The largest absolute Gasteiger partial charge is 0.548 e. The summed E-state index contributed by atoms with van der Waals surface area (Å²) in [7, 11) is -1.11. The second-order valence-corrected chi connectivity index (χ2v) is 6.05. The lowest BCUT2D eigenvalue weighted by atomic mass is 9.91. The Hall–Kier alpha value is -2.47. The predicted octanol–water partition coefficient (Wildman–Crippen LogP) is -0.122. The molecule has 9 nitrogen and oxygen atoms in total. The first-order valence-electron chi connectivity index (χ1n) is 7.34. The van der Waals surface area contributed by atoms with Crippen LogP contribution < -0.4 is 10.6 Å². The molecule has 1 aliphatic heterocycles. The van der Waals surface area contributed by atoms with Gasteiger partial charge in [0.15, 0.2) is 6.10 Å². The van der Waals surface area contributed by atoms with Gasteiger partial charge in [0, 0.05) is 4.47 Å². The zero-order valence-corrected chi connectivity index (χ0v) is 14.7. The van der Waals surface area contributed by atoms with Gasteiger partial charge >= 0.3 is 19.1 Å². The minimum absolute atomic E-state index is 0.0300. The van der Waals surface area contributed by atoms with Gasteiger partial charge < -0.3 is 25.0 Å². The van der Waals surface area contributed by atoms with E-state index in [1.54, 1.807) is 0 Å². The molecule has 1 heterocycles. The zero-order chi connectivity index (χ0) is 19.3. The van der Waals surface area contributed by atoms with Gasteiger partial charge in [0.2, 0.25) is 5.91 Å². The highest BCUT2D eigenvalue weighted by Gasteiger charge is 2.41. The first-order chi connectivity index (χ1) is 12.3. The number of hydrogen-bond acceptors (Lipinski definition) is 6. The number of aliphatic carboxylic acids is 1. The second-order valence-electron chi connectivity index (χ2n) is 5.20. The van der Waals surface area contributed by atoms with E-state index in [-0.39, 0.29) is 12.0 Å². The molecule has 138 valence electrons. The number of carbonyl (C=O) groups excluding carboxylic acids is 3. The van der Waals surface area contributed by atoms with Crippen LogP contribution in [0.5, 0.6) is 0 Å². The van der Waals surface area contributed by atoms with Gasteiger partial charge in [-0.05, 0) is 34.1 Å². The van der Waals surface area contributed by atoms with E-state index in [4.69, 9.17) is 14.4 Å². The van der Waals surface area contributed by atoms with Crippen LogP contribution in [-0.4, -0.2) is 55.1 Å². The van der Waals surface area contributed by atoms with Gasteiger partial charge in [-0.1, -0.05) is 0 Å². The van der Waals surface area contributed by atoms with E-state index < -0.39 is 55.8 Å². The normalized spacial score (nSPS) is 16.2. The number of rotatable bonds is 7. The highest BCUT2D eigenvalue weighted by molar-refractivity contribution is 9.10. The van der Waals surface area contributed by atoms with E-state index in [0.29, 0.717) is 4.47 Å². The molecule has 2 amide bonds. The van der Waals surface area contributed by atoms with Gasteiger partial charge in [-0.15, -0.1) is 0 Å². The molecule has 1 fully saturated rings. The Kier molecular flexibility index (Phi) is 6.69. The van der Waals surface area contributed by atoms with Crippen molar-refractivity contribution in [2.45, 2.75) is 12.5 Å². The van der Waals surface area contributed by atoms with Crippen molar-refractivity contribution in [1.82, 2.24) is 10.6 Å². The number of halogens is 2. The van der Waals surface area contributed by atoms with Crippen molar-refractivity contribution < 1.29 is 38.0 Å². The summed E-state index contributed by atoms with van der Waals surface area (Å²) in [6.45, 7) is -0.402. The highest BCUT2D eigenvalue weighted by atomic mass is 79.9. The molecule has 1 aromatic rings. The van der Waals surface area contributed by atoms with Crippen molar-refractivity contribution in [3.05, 3.63) is 34.1 Å². The van der Waals surface area contributed by atoms with Crippen molar-refractivity contribution in [3.8, 4) is 0 Å². The average molecular weight is 431 g/mol. The number of carboxylic acids is 1. The zero-order valence-electron chi connectivity index (χ0n) is 13.2. The van der Waals surface area contributed by atoms with E-state index in [2.05, 4.69) is 26.6 Å². The van der Waals surface area contributed by atoms with E-state index in [0.717, 1.165) is 6.07 Å². The Bertz CT molecular complexity index is 748. The van der Waals surface area contributed by atoms with Crippen molar-refractivity contribution in [3.63, 3.8) is 0 Å². The minimum atomic E-state index is -1.22. The number of benzene rings is 1. The maximum Gasteiger partial charge on any atom is 0.548 e. The third-order valence-electron chi connectivity index (χ3n) is 3.23. The van der Waals surface area contributed by atoms with Gasteiger partial charge in [0.05, 0.1) is 25.0 Å². The van der Waals surface area contributed by atoms with Crippen molar-refractivity contribution in [1.29, 1.82) is 0 Å². The monoisotopic (exact) mass is 430 g/mol. The van der Waals surface area contributed by atoms with Crippen molar-refractivity contribution in [2.24, 2.45) is 0 Å². The molecular weight excluding hydrogens is 418 g/mol. The molecule has 2 rings (SSSR count). The molecule has 0 aliphatic carbocycles. The maximum absolute atomic E-state index is 13.2. The SMILES string of the molecule is O=C(O)CC1OB(CNC(=O)CNC(=O)c2cc(F)ccc2Br)OC1=O. The Morgan fingerprint density at radius 3 is 2.73 bits per heavy atom. The molecule has 0 aromatic heterocycles. The van der Waals surface area contributed by atoms with Crippen LogP contribution in [0.15, 0.2) is 22.7 Å². The lowest BCUT2D eigenvalue weighted by molar-refractivity contribution is -0.145. The number of hydrogen-bond donors (Lipinski definition) is 3. The Morgan fingerprint density at radius 1 is 1.31 bits per heavy atom. The van der Waals surface area contributed by atoms with Crippen LogP contribution in [0.4, 0.5) is 4.39 Å². The molecule has 1 unspecified atom stereocenters. The van der Waals surface area contributed by atoms with Crippen LogP contribution in [-0.2, 0) is 23.7 Å². The Balaban J connectivity index is 1.76. The van der Waals surface area contributed by atoms with Crippen LogP contribution in [0.25, 0.3) is 0 Å². The first kappa shape index (κ1) is 19.9. The molecule has 3 N–H and O–H groups in total. The molecule has 12 heteroatoms. The summed E-state index contributed by atoms with van der Waals surface area (Å²) < 4.78 is 23.4. The number of nitrogens with one attached hydrogen (secondary N) is 2. The number of carbonyl (C=O) groups is 4. The quantitative estimate of drug-likeness (QED) is 0.514. The van der Waals surface area contributed by atoms with E-state index >= 15 is 0 Å². The highest BCUT2D eigenvalue weighted by Crippen LogP contribution is 2.17. The topological polar surface area (TPSA) is 131 Å². The van der Waals surface area contributed by atoms with Crippen LogP contribution in [0.2, 0.25) is 0 Å². The summed E-state index contributed by atoms with van der Waals surface area (Å²) in [5.41, 5.74) is 0.0300. The van der Waals surface area contributed by atoms with E-state index in [9.17, 15) is 23.6 Å². The smallest absolute Gasteiger partial charge is 0.506 e. The maximum atomic E-state index is 13.2. The molecule has 1 aromatic carbocycles. The predicted molar refractivity (Wildman–Crippen MR) is 88.4 cm³/mol. The molecule has 0 radical (unpaired) electrons. The third-order valence-corrected chi connectivity index (χ3v) is 3.93. The number of carboxylic acid groups (broad SMARTS) is 1. The van der Waals surface area contributed by atoms with Crippen molar-refractivity contribution in [2.75, 3.05) is 13.0 Å². The summed E-state index contributed by atoms with van der Waals surface area (Å²) >= 11 is 3.11. The summed E-state index contributed by atoms with van der Waals surface area (Å²) in [5, 5.41) is 13.3. The average Bonchev–Trinajstić information content (AvgIpc) is 2.92. The summed E-state index contributed by atoms with van der Waals surface area (Å²) in [6.07, 6.45) is -1.97. The van der Waals surface area contributed by atoms with Crippen molar-refractivity contribution >= 4 is 46.8 Å². The third kappa shape index (κ3) is 5.53. The fraction of sp³-hybridized carbons (Fsp3) is 0.286. The Morgan fingerprint density at radius 2 is 2.04 bits per heavy atom. The number of amides is 2. The van der Waals surface area contributed by atoms with Gasteiger partial charge in [0.25, 0.3) is 5.91 Å². The molecule has 1 saturated heterocycles. The fourth-order valence-corrected chi connectivity index (χ4v) is 2.47. The van der Waals surface area contributed by atoms with Crippen LogP contribution in [0.3, 0.4) is 0 Å². The second kappa shape index (κ2) is 8.76. The Labute approximate surface area is 155 Å². The van der Waals surface area contributed by atoms with Gasteiger partial charge in [0.1, 0.15) is 5.82 Å². The molecule has 1 aliphatic rings. The van der Waals surface area contributed by atoms with Crippen LogP contribution in [0.1, 0.15) is 16.8 Å². The van der Waals surface area contributed by atoms with Gasteiger partial charge in [-0.25, -0.2) is 4.39 Å². The standard InChI is InChI=1S/C14H13BBrFN2O7/c16-9-2-1-7(17)3-8(9)13(23)18-5-11(20)19-6-15-25-10(4-12(21)22)14(24)26-15/h1-3,10H,4-6H2,(H,18,23)(H,19,20)(H,21,22). The fourth-order valence-electron chi connectivity index (χ4n) is 2.04. The minimum Gasteiger partial charge on any atom is -0.506 e. The van der Waals surface area contributed by atoms with Gasteiger partial charge in [-0.3, -0.25) is 19.2 Å². The summed E-state index contributed by atoms with van der Waals surface area (Å²) in [6, 6.07) is 3.56. The molecule has 0 saturated carbocycles. The summed E-state index contributed by atoms with van der Waals surface area (Å²) in [4.78, 5) is 45.6. The van der Waals surface area contributed by atoms with E-state index in [1.807, 2.05) is 0 Å². The molecule has 1 atom stereocenters. The summed E-state index contributed by atoms with van der Waals surface area (Å²) in [5.74, 6) is -3.90. The van der Waals surface area contributed by atoms with E-state index in [1.165, 1.54) is 12.1 Å². The molecular formula is C14H13BBrFN2O7.